The van der Waals surface area contributed by atoms with Crippen molar-refractivity contribution in [2.45, 2.75) is 99.3 Å². The monoisotopic (exact) mass is 216 g/mol. The molecule has 0 aliphatic heterocycles. The maximum atomic E-state index is 2.27. The smallest absolute Gasteiger partial charge is 0.0533 e. The number of rotatable bonds is 8. The minimum absolute atomic E-state index is 1.37. The molecule has 0 unspecified atom stereocenters. The topological polar surface area (TPSA) is 0 Å². The van der Waals surface area contributed by atoms with E-state index < -0.39 is 0 Å². The van der Waals surface area contributed by atoms with Gasteiger partial charge >= 0.3 is 0 Å². The first-order valence-corrected chi connectivity index (χ1v) is 7.41. The second-order valence-corrected chi connectivity index (χ2v) is 3.47. The normalized spacial score (nSPS) is 8.40. The minimum atomic E-state index is 1.37. The number of hydrogen-bond acceptors (Lipinski definition) is 0. The molecule has 0 saturated carbocycles. The van der Waals surface area contributed by atoms with Gasteiger partial charge in [0, 0.05) is 0 Å². The molecule has 0 spiro atoms. The molecule has 0 heterocycles. The highest BCUT2D eigenvalue weighted by atomic mass is 13.9. The molecule has 0 aliphatic carbocycles. The fourth-order valence-corrected chi connectivity index (χ4v) is 1.38. The summed E-state index contributed by atoms with van der Waals surface area (Å²) in [4.78, 5) is 0. The Morgan fingerprint density at radius 3 is 0.800 bits per heavy atom. The van der Waals surface area contributed by atoms with E-state index in [1.165, 1.54) is 57.8 Å². The van der Waals surface area contributed by atoms with Gasteiger partial charge in [0.2, 0.25) is 0 Å². The van der Waals surface area contributed by atoms with E-state index in [0.717, 1.165) is 0 Å². The SMILES string of the molecule is CC.CC.CCCCCCCCCCC. The van der Waals surface area contributed by atoms with Gasteiger partial charge in [-0.2, -0.15) is 0 Å². The van der Waals surface area contributed by atoms with Crippen LogP contribution in [-0.2, 0) is 0 Å². The van der Waals surface area contributed by atoms with Gasteiger partial charge in [-0.05, 0) is 0 Å². The van der Waals surface area contributed by atoms with Crippen LogP contribution in [0.25, 0.3) is 0 Å². The van der Waals surface area contributed by atoms with Crippen molar-refractivity contribution in [3.63, 3.8) is 0 Å². The van der Waals surface area contributed by atoms with Crippen LogP contribution in [0.2, 0.25) is 0 Å². The molecule has 0 N–H and O–H groups in total. The Labute approximate surface area is 99.9 Å². The quantitative estimate of drug-likeness (QED) is 0.401. The fourth-order valence-electron chi connectivity index (χ4n) is 1.38. The molecule has 0 bridgehead atoms. The predicted molar refractivity (Wildman–Crippen MR) is 75.6 cm³/mol. The van der Waals surface area contributed by atoms with Crippen LogP contribution < -0.4 is 0 Å². The van der Waals surface area contributed by atoms with Crippen LogP contribution in [0.5, 0.6) is 0 Å². The zero-order valence-electron chi connectivity index (χ0n) is 12.4. The highest BCUT2D eigenvalue weighted by molar-refractivity contribution is 4.44. The van der Waals surface area contributed by atoms with Crippen molar-refractivity contribution in [2.24, 2.45) is 0 Å². The van der Waals surface area contributed by atoms with Crippen LogP contribution >= 0.6 is 0 Å². The van der Waals surface area contributed by atoms with Crippen molar-refractivity contribution in [2.75, 3.05) is 0 Å². The lowest BCUT2D eigenvalue weighted by atomic mass is 10.1. The van der Waals surface area contributed by atoms with Crippen LogP contribution in [0.3, 0.4) is 0 Å². The molecule has 96 valence electrons. The molecule has 0 aromatic rings. The van der Waals surface area contributed by atoms with E-state index in [9.17, 15) is 0 Å². The third kappa shape index (κ3) is 31.5. The van der Waals surface area contributed by atoms with Crippen LogP contribution in [0.1, 0.15) is 99.3 Å². The van der Waals surface area contributed by atoms with Gasteiger partial charge in [0.05, 0.1) is 0 Å². The molecular formula is C15H36. The summed E-state index contributed by atoms with van der Waals surface area (Å²) in [6.07, 6.45) is 13.0. The van der Waals surface area contributed by atoms with Gasteiger partial charge in [-0.1, -0.05) is 99.3 Å². The molecular weight excluding hydrogens is 180 g/mol. The standard InChI is InChI=1S/C11H24.2C2H6/c1-3-5-7-9-11-10-8-6-4-2;2*1-2/h3-11H2,1-2H3;2*1-2H3. The summed E-state index contributed by atoms with van der Waals surface area (Å²) < 4.78 is 0. The van der Waals surface area contributed by atoms with Crippen molar-refractivity contribution >= 4 is 0 Å². The third-order valence-electron chi connectivity index (χ3n) is 2.21. The maximum Gasteiger partial charge on any atom is -0.0533 e. The molecule has 0 aliphatic rings. The Morgan fingerprint density at radius 2 is 0.600 bits per heavy atom. The molecule has 0 atom stereocenters. The Bertz CT molecular complexity index is 49.1. The van der Waals surface area contributed by atoms with Crippen LogP contribution in [0, 0.1) is 0 Å². The van der Waals surface area contributed by atoms with Crippen LogP contribution in [0.4, 0.5) is 0 Å². The van der Waals surface area contributed by atoms with Gasteiger partial charge in [0.25, 0.3) is 0 Å². The average molecular weight is 216 g/mol. The van der Waals surface area contributed by atoms with Crippen LogP contribution in [-0.4, -0.2) is 0 Å². The minimum Gasteiger partial charge on any atom is -0.0683 e. The lowest BCUT2D eigenvalue weighted by Crippen LogP contribution is -1.79. The third-order valence-corrected chi connectivity index (χ3v) is 2.21. The Kier molecular flexibility index (Phi) is 39.8. The lowest BCUT2D eigenvalue weighted by molar-refractivity contribution is 0.572. The van der Waals surface area contributed by atoms with Gasteiger partial charge in [-0.15, -0.1) is 0 Å². The molecule has 0 saturated heterocycles. The largest absolute Gasteiger partial charge is 0.0683 e. The highest BCUT2D eigenvalue weighted by Crippen LogP contribution is 2.08. The van der Waals surface area contributed by atoms with Crippen molar-refractivity contribution in [1.82, 2.24) is 0 Å². The van der Waals surface area contributed by atoms with Crippen LogP contribution in [0.15, 0.2) is 0 Å². The molecule has 0 radical (unpaired) electrons. The zero-order chi connectivity index (χ0) is 12.4. The number of unbranched alkanes of at least 4 members (excludes halogenated alkanes) is 8. The molecule has 0 aromatic carbocycles. The van der Waals surface area contributed by atoms with E-state index in [4.69, 9.17) is 0 Å². The van der Waals surface area contributed by atoms with Gasteiger partial charge in [-0.25, -0.2) is 0 Å². The van der Waals surface area contributed by atoms with E-state index in [1.807, 2.05) is 27.7 Å². The van der Waals surface area contributed by atoms with Crippen molar-refractivity contribution in [3.05, 3.63) is 0 Å². The summed E-state index contributed by atoms with van der Waals surface area (Å²) >= 11 is 0. The van der Waals surface area contributed by atoms with E-state index in [-0.39, 0.29) is 0 Å². The molecule has 15 heavy (non-hydrogen) atoms. The maximum absolute atomic E-state index is 2.27. The summed E-state index contributed by atoms with van der Waals surface area (Å²) in [5, 5.41) is 0. The van der Waals surface area contributed by atoms with Crippen molar-refractivity contribution in [3.8, 4) is 0 Å². The summed E-state index contributed by atoms with van der Waals surface area (Å²) in [5.74, 6) is 0. The molecule has 0 fully saturated rings. The molecule has 0 aromatic heterocycles. The van der Waals surface area contributed by atoms with E-state index >= 15 is 0 Å². The first kappa shape index (κ1) is 20.4. The van der Waals surface area contributed by atoms with E-state index in [1.54, 1.807) is 0 Å². The van der Waals surface area contributed by atoms with Gasteiger partial charge in [0.1, 0.15) is 0 Å². The molecule has 0 amide bonds. The summed E-state index contributed by atoms with van der Waals surface area (Å²) in [6.45, 7) is 12.5. The first-order valence-electron chi connectivity index (χ1n) is 7.41. The molecule has 0 heteroatoms. The van der Waals surface area contributed by atoms with Crippen molar-refractivity contribution < 1.29 is 0 Å². The second kappa shape index (κ2) is 29.2. The second-order valence-electron chi connectivity index (χ2n) is 3.47. The van der Waals surface area contributed by atoms with Gasteiger partial charge < -0.3 is 0 Å². The first-order chi connectivity index (χ1) is 7.41. The van der Waals surface area contributed by atoms with Crippen molar-refractivity contribution in [1.29, 1.82) is 0 Å². The molecule has 0 rings (SSSR count). The molecule has 0 nitrogen and oxygen atoms in total. The van der Waals surface area contributed by atoms with Gasteiger partial charge in [0.15, 0.2) is 0 Å². The Balaban J connectivity index is -0.000000318. The number of hydrogen-bond donors (Lipinski definition) is 0. The average Bonchev–Trinajstić information content (AvgIpc) is 2.33. The fraction of sp³-hybridized carbons (Fsp3) is 1.00. The lowest BCUT2D eigenvalue weighted by Gasteiger charge is -1.98. The summed E-state index contributed by atoms with van der Waals surface area (Å²) in [7, 11) is 0. The van der Waals surface area contributed by atoms with Gasteiger partial charge in [-0.3, -0.25) is 0 Å². The summed E-state index contributed by atoms with van der Waals surface area (Å²) in [5.41, 5.74) is 0. The predicted octanol–water partition coefficient (Wildman–Crippen LogP) is 6.59. The summed E-state index contributed by atoms with van der Waals surface area (Å²) in [6, 6.07) is 0. The Morgan fingerprint density at radius 1 is 0.400 bits per heavy atom. The zero-order valence-corrected chi connectivity index (χ0v) is 12.4. The van der Waals surface area contributed by atoms with E-state index in [2.05, 4.69) is 13.8 Å². The highest BCUT2D eigenvalue weighted by Gasteiger charge is 1.88. The van der Waals surface area contributed by atoms with E-state index in [0.29, 0.717) is 0 Å². The Hall–Kier alpha value is 0.